The molecule has 0 amide bonds. The molecule has 0 saturated heterocycles. The molecular weight excluding hydrogens is 256 g/mol. The average molecular weight is 278 g/mol. The lowest BCUT2D eigenvalue weighted by atomic mass is 9.99. The van der Waals surface area contributed by atoms with Crippen molar-refractivity contribution in [2.45, 2.75) is 44.8 Å². The van der Waals surface area contributed by atoms with E-state index >= 15 is 0 Å². The maximum Gasteiger partial charge on any atom is 0.269 e. The van der Waals surface area contributed by atoms with Crippen LogP contribution in [0.4, 0.5) is 5.69 Å². The molecule has 0 aromatic heterocycles. The fraction of sp³-hybridized carbons (Fsp3) is 0.600. The van der Waals surface area contributed by atoms with Gasteiger partial charge in [-0.2, -0.15) is 0 Å². The summed E-state index contributed by atoms with van der Waals surface area (Å²) >= 11 is 0. The number of nitro benzene ring substituents is 1. The van der Waals surface area contributed by atoms with E-state index in [1.54, 1.807) is 12.1 Å². The van der Waals surface area contributed by atoms with Gasteiger partial charge in [0, 0.05) is 24.7 Å². The number of benzene rings is 1. The summed E-state index contributed by atoms with van der Waals surface area (Å²) in [6, 6.07) is 6.50. The van der Waals surface area contributed by atoms with E-state index in [1.807, 2.05) is 0 Å². The highest BCUT2D eigenvalue weighted by Gasteiger charge is 2.21. The monoisotopic (exact) mass is 278 g/mol. The van der Waals surface area contributed by atoms with Crippen LogP contribution in [0.15, 0.2) is 24.3 Å². The maximum atomic E-state index is 10.6. The van der Waals surface area contributed by atoms with Gasteiger partial charge in [0.2, 0.25) is 0 Å². The lowest BCUT2D eigenvalue weighted by Gasteiger charge is -2.22. The van der Waals surface area contributed by atoms with Crippen LogP contribution < -0.4 is 5.32 Å². The van der Waals surface area contributed by atoms with Crippen LogP contribution in [0.2, 0.25) is 0 Å². The highest BCUT2D eigenvalue weighted by molar-refractivity contribution is 5.33. The van der Waals surface area contributed by atoms with Crippen molar-refractivity contribution in [2.24, 2.45) is 5.92 Å². The van der Waals surface area contributed by atoms with Gasteiger partial charge in [-0.05, 0) is 43.4 Å². The number of nitro groups is 1. The first kappa shape index (κ1) is 14.9. The number of hydrogen-bond acceptors (Lipinski definition) is 4. The molecule has 110 valence electrons. The van der Waals surface area contributed by atoms with Crippen LogP contribution in [-0.4, -0.2) is 22.6 Å². The molecule has 2 atom stereocenters. The standard InChI is InChI=1S/C15H22N2O3/c1-11(12-4-2-3-5-12)16-10-15(18)13-6-8-14(9-7-13)17(19)20/h6-9,11-12,15-16,18H,2-5,10H2,1H3/t11-,15?/m1/s1. The highest BCUT2D eigenvalue weighted by Crippen LogP contribution is 2.27. The highest BCUT2D eigenvalue weighted by atomic mass is 16.6. The van der Waals surface area contributed by atoms with Gasteiger partial charge in [-0.25, -0.2) is 0 Å². The molecule has 0 spiro atoms. The molecule has 1 aromatic carbocycles. The van der Waals surface area contributed by atoms with Crippen LogP contribution >= 0.6 is 0 Å². The van der Waals surface area contributed by atoms with Crippen molar-refractivity contribution in [2.75, 3.05) is 6.54 Å². The molecule has 1 aliphatic rings. The largest absolute Gasteiger partial charge is 0.387 e. The molecule has 1 unspecified atom stereocenters. The van der Waals surface area contributed by atoms with Crippen LogP contribution in [0, 0.1) is 16.0 Å². The Hall–Kier alpha value is -1.46. The summed E-state index contributed by atoms with van der Waals surface area (Å²) < 4.78 is 0. The summed E-state index contributed by atoms with van der Waals surface area (Å²) in [5.41, 5.74) is 0.759. The molecule has 1 saturated carbocycles. The number of nitrogens with one attached hydrogen (secondary N) is 1. The van der Waals surface area contributed by atoms with Crippen molar-refractivity contribution < 1.29 is 10.0 Å². The molecule has 1 fully saturated rings. The Kier molecular flexibility index (Phi) is 5.09. The van der Waals surface area contributed by atoms with Gasteiger partial charge in [0.25, 0.3) is 5.69 Å². The van der Waals surface area contributed by atoms with Crippen LogP contribution in [0.3, 0.4) is 0 Å². The summed E-state index contributed by atoms with van der Waals surface area (Å²) in [6.45, 7) is 2.65. The van der Waals surface area contributed by atoms with Crippen LogP contribution in [0.1, 0.15) is 44.3 Å². The smallest absolute Gasteiger partial charge is 0.269 e. The second kappa shape index (κ2) is 6.81. The Bertz CT molecular complexity index is 441. The first-order valence-electron chi connectivity index (χ1n) is 7.23. The molecule has 5 heteroatoms. The SMILES string of the molecule is C[C@@H](NCC(O)c1ccc([N+](=O)[O-])cc1)C1CCCC1. The number of aliphatic hydroxyl groups is 1. The third kappa shape index (κ3) is 3.77. The number of rotatable bonds is 6. The lowest BCUT2D eigenvalue weighted by Crippen LogP contribution is -2.35. The van der Waals surface area contributed by atoms with Gasteiger partial charge in [-0.1, -0.05) is 12.8 Å². The van der Waals surface area contributed by atoms with Crippen molar-refractivity contribution >= 4 is 5.69 Å². The Balaban J connectivity index is 1.84. The summed E-state index contributed by atoms with van der Waals surface area (Å²) in [7, 11) is 0. The number of aliphatic hydroxyl groups excluding tert-OH is 1. The van der Waals surface area contributed by atoms with E-state index in [9.17, 15) is 15.2 Å². The van der Waals surface area contributed by atoms with Crippen molar-refractivity contribution in [3.05, 3.63) is 39.9 Å². The Morgan fingerprint density at radius 1 is 1.35 bits per heavy atom. The molecular formula is C15H22N2O3. The summed E-state index contributed by atoms with van der Waals surface area (Å²) in [4.78, 5) is 10.1. The van der Waals surface area contributed by atoms with Gasteiger partial charge < -0.3 is 10.4 Å². The fourth-order valence-corrected chi connectivity index (χ4v) is 2.86. The second-order valence-corrected chi connectivity index (χ2v) is 5.61. The third-order valence-electron chi connectivity index (χ3n) is 4.23. The molecule has 0 radical (unpaired) electrons. The molecule has 5 nitrogen and oxygen atoms in total. The minimum absolute atomic E-state index is 0.0493. The quantitative estimate of drug-likeness (QED) is 0.619. The molecule has 1 aliphatic carbocycles. The van der Waals surface area contributed by atoms with E-state index in [-0.39, 0.29) is 5.69 Å². The summed E-state index contributed by atoms with van der Waals surface area (Å²) in [6.07, 6.45) is 4.52. The molecule has 2 rings (SSSR count). The van der Waals surface area contributed by atoms with E-state index in [2.05, 4.69) is 12.2 Å². The molecule has 0 aliphatic heterocycles. The minimum atomic E-state index is -0.625. The zero-order valence-electron chi connectivity index (χ0n) is 11.8. The van der Waals surface area contributed by atoms with Gasteiger partial charge in [-0.15, -0.1) is 0 Å². The molecule has 20 heavy (non-hydrogen) atoms. The van der Waals surface area contributed by atoms with Gasteiger partial charge in [0.1, 0.15) is 0 Å². The van der Waals surface area contributed by atoms with Crippen molar-refractivity contribution in [3.63, 3.8) is 0 Å². The molecule has 0 bridgehead atoms. The fourth-order valence-electron chi connectivity index (χ4n) is 2.86. The van der Waals surface area contributed by atoms with Gasteiger partial charge in [-0.3, -0.25) is 10.1 Å². The minimum Gasteiger partial charge on any atom is -0.387 e. The average Bonchev–Trinajstić information content (AvgIpc) is 2.98. The predicted octanol–water partition coefficient (Wildman–Crippen LogP) is 2.80. The van der Waals surface area contributed by atoms with E-state index in [1.165, 1.54) is 37.8 Å². The van der Waals surface area contributed by atoms with E-state index in [4.69, 9.17) is 0 Å². The first-order chi connectivity index (χ1) is 9.58. The number of non-ortho nitro benzene ring substituents is 1. The molecule has 2 N–H and O–H groups in total. The zero-order chi connectivity index (χ0) is 14.5. The van der Waals surface area contributed by atoms with Crippen LogP contribution in [0.25, 0.3) is 0 Å². The first-order valence-corrected chi connectivity index (χ1v) is 7.23. The normalized spacial score (nSPS) is 18.9. The second-order valence-electron chi connectivity index (χ2n) is 5.61. The van der Waals surface area contributed by atoms with Crippen LogP contribution in [0.5, 0.6) is 0 Å². The topological polar surface area (TPSA) is 75.4 Å². The van der Waals surface area contributed by atoms with E-state index < -0.39 is 11.0 Å². The Morgan fingerprint density at radius 2 is 1.95 bits per heavy atom. The zero-order valence-corrected chi connectivity index (χ0v) is 11.8. The number of hydrogen-bond donors (Lipinski definition) is 2. The van der Waals surface area contributed by atoms with Crippen molar-refractivity contribution in [3.8, 4) is 0 Å². The van der Waals surface area contributed by atoms with Crippen molar-refractivity contribution in [1.82, 2.24) is 5.32 Å². The van der Waals surface area contributed by atoms with Gasteiger partial charge in [0.05, 0.1) is 11.0 Å². The van der Waals surface area contributed by atoms with Crippen LogP contribution in [-0.2, 0) is 0 Å². The third-order valence-corrected chi connectivity index (χ3v) is 4.23. The van der Waals surface area contributed by atoms with E-state index in [0.29, 0.717) is 24.1 Å². The van der Waals surface area contributed by atoms with Crippen molar-refractivity contribution in [1.29, 1.82) is 0 Å². The summed E-state index contributed by atoms with van der Waals surface area (Å²) in [5.74, 6) is 0.707. The predicted molar refractivity (Wildman–Crippen MR) is 77.5 cm³/mol. The lowest BCUT2D eigenvalue weighted by molar-refractivity contribution is -0.384. The molecule has 1 aromatic rings. The Labute approximate surface area is 119 Å². The maximum absolute atomic E-state index is 10.6. The molecule has 0 heterocycles. The van der Waals surface area contributed by atoms with Gasteiger partial charge >= 0.3 is 0 Å². The summed E-state index contributed by atoms with van der Waals surface area (Å²) in [5, 5.41) is 24.1. The van der Waals surface area contributed by atoms with E-state index in [0.717, 1.165) is 0 Å². The Morgan fingerprint density at radius 3 is 2.50 bits per heavy atom. The van der Waals surface area contributed by atoms with Gasteiger partial charge in [0.15, 0.2) is 0 Å². The number of nitrogens with zero attached hydrogens (tertiary/aromatic N) is 1.